The standard InChI is InChI=1S/C21H25N3O5/c1-2-23(29-15-17-4-3-5-19(14-17)24(27)28)21(26)13-12-20(25)11-8-16-6-9-18(22)10-7-16/h3-7,9-10,14H,2,8,11-13,15,22H2,1H3. The fraction of sp³-hybridized carbons (Fsp3) is 0.333. The second kappa shape index (κ2) is 10.9. The zero-order valence-electron chi connectivity index (χ0n) is 16.4. The lowest BCUT2D eigenvalue weighted by Gasteiger charge is -2.20. The number of nitrogen functional groups attached to an aromatic ring is 1. The molecule has 0 fully saturated rings. The van der Waals surface area contributed by atoms with Crippen molar-refractivity contribution in [2.45, 2.75) is 39.2 Å². The summed E-state index contributed by atoms with van der Waals surface area (Å²) in [6.07, 6.45) is 1.17. The maximum Gasteiger partial charge on any atom is 0.269 e. The SMILES string of the molecule is CCN(OCc1cccc([N+](=O)[O-])c1)C(=O)CCC(=O)CCc1ccc(N)cc1. The molecule has 0 spiro atoms. The Morgan fingerprint density at radius 3 is 2.45 bits per heavy atom. The van der Waals surface area contributed by atoms with Gasteiger partial charge in [0.2, 0.25) is 5.91 Å². The van der Waals surface area contributed by atoms with Crippen molar-refractivity contribution in [1.29, 1.82) is 0 Å². The van der Waals surface area contributed by atoms with Crippen LogP contribution in [0.25, 0.3) is 0 Å². The molecule has 0 aromatic heterocycles. The number of ketones is 1. The van der Waals surface area contributed by atoms with E-state index < -0.39 is 4.92 Å². The topological polar surface area (TPSA) is 116 Å². The Bertz CT molecular complexity index is 852. The summed E-state index contributed by atoms with van der Waals surface area (Å²) in [5.74, 6) is -0.288. The van der Waals surface area contributed by atoms with E-state index in [0.717, 1.165) is 5.56 Å². The zero-order valence-corrected chi connectivity index (χ0v) is 16.4. The van der Waals surface area contributed by atoms with Gasteiger partial charge < -0.3 is 5.73 Å². The number of nitro groups is 1. The van der Waals surface area contributed by atoms with E-state index in [9.17, 15) is 19.7 Å². The lowest BCUT2D eigenvalue weighted by atomic mass is 10.0. The second-order valence-electron chi connectivity index (χ2n) is 6.57. The molecule has 0 radical (unpaired) electrons. The van der Waals surface area contributed by atoms with Crippen molar-refractivity contribution in [2.24, 2.45) is 0 Å². The van der Waals surface area contributed by atoms with Gasteiger partial charge in [0.05, 0.1) is 4.92 Å². The normalized spacial score (nSPS) is 10.5. The molecule has 154 valence electrons. The van der Waals surface area contributed by atoms with Crippen molar-refractivity contribution in [3.05, 3.63) is 69.8 Å². The van der Waals surface area contributed by atoms with Gasteiger partial charge in [-0.2, -0.15) is 0 Å². The molecule has 0 unspecified atom stereocenters. The van der Waals surface area contributed by atoms with Gasteiger partial charge in [-0.05, 0) is 36.6 Å². The number of hydroxylamine groups is 2. The van der Waals surface area contributed by atoms with Gasteiger partial charge in [0, 0.05) is 43.6 Å². The van der Waals surface area contributed by atoms with Crippen LogP contribution in [0.3, 0.4) is 0 Å². The van der Waals surface area contributed by atoms with Crippen LogP contribution in [0, 0.1) is 10.1 Å². The van der Waals surface area contributed by atoms with Gasteiger partial charge in [-0.1, -0.05) is 24.3 Å². The highest BCUT2D eigenvalue weighted by atomic mass is 16.7. The van der Waals surface area contributed by atoms with Crippen LogP contribution in [0.1, 0.15) is 37.3 Å². The number of Topliss-reactive ketones (excluding diaryl/α,β-unsaturated/α-hetero) is 1. The summed E-state index contributed by atoms with van der Waals surface area (Å²) in [4.78, 5) is 40.2. The van der Waals surface area contributed by atoms with Crippen LogP contribution in [-0.4, -0.2) is 28.2 Å². The van der Waals surface area contributed by atoms with E-state index in [-0.39, 0.29) is 36.8 Å². The first-order valence-electron chi connectivity index (χ1n) is 9.41. The molecule has 2 aromatic rings. The Hall–Kier alpha value is -3.26. The van der Waals surface area contributed by atoms with Gasteiger partial charge >= 0.3 is 0 Å². The predicted octanol–water partition coefficient (Wildman–Crippen LogP) is 3.44. The van der Waals surface area contributed by atoms with Crippen LogP contribution in [0.5, 0.6) is 0 Å². The summed E-state index contributed by atoms with van der Waals surface area (Å²) < 4.78 is 0. The molecule has 0 bridgehead atoms. The summed E-state index contributed by atoms with van der Waals surface area (Å²) in [7, 11) is 0. The van der Waals surface area contributed by atoms with Gasteiger partial charge in [-0.15, -0.1) is 0 Å². The second-order valence-corrected chi connectivity index (χ2v) is 6.57. The highest BCUT2D eigenvalue weighted by Gasteiger charge is 2.15. The Kier molecular flexibility index (Phi) is 8.29. The first-order valence-corrected chi connectivity index (χ1v) is 9.41. The fourth-order valence-corrected chi connectivity index (χ4v) is 2.72. The average molecular weight is 399 g/mol. The third-order valence-corrected chi connectivity index (χ3v) is 4.36. The third-order valence-electron chi connectivity index (χ3n) is 4.36. The molecule has 29 heavy (non-hydrogen) atoms. The number of benzene rings is 2. The Balaban J connectivity index is 1.77. The molecule has 2 rings (SSSR count). The van der Waals surface area contributed by atoms with E-state index in [1.165, 1.54) is 17.2 Å². The summed E-state index contributed by atoms with van der Waals surface area (Å²) in [5.41, 5.74) is 7.89. The van der Waals surface area contributed by atoms with Gasteiger partial charge in [0.15, 0.2) is 0 Å². The Morgan fingerprint density at radius 1 is 1.07 bits per heavy atom. The van der Waals surface area contributed by atoms with E-state index in [2.05, 4.69) is 0 Å². The van der Waals surface area contributed by atoms with Gasteiger partial charge in [0.1, 0.15) is 12.4 Å². The summed E-state index contributed by atoms with van der Waals surface area (Å²) in [6, 6.07) is 13.4. The minimum absolute atomic E-state index is 0.00455. The molecule has 0 saturated carbocycles. The number of aryl methyl sites for hydroxylation is 1. The highest BCUT2D eigenvalue weighted by Crippen LogP contribution is 2.15. The molecule has 8 heteroatoms. The molecule has 0 heterocycles. The van der Waals surface area contributed by atoms with Crippen molar-refractivity contribution in [3.63, 3.8) is 0 Å². The number of nitrogens with two attached hydrogens (primary N) is 1. The molecule has 2 aromatic carbocycles. The third kappa shape index (κ3) is 7.34. The molecule has 0 atom stereocenters. The quantitative estimate of drug-likeness (QED) is 0.351. The zero-order chi connectivity index (χ0) is 21.2. The lowest BCUT2D eigenvalue weighted by Crippen LogP contribution is -2.31. The highest BCUT2D eigenvalue weighted by molar-refractivity contribution is 5.84. The van der Waals surface area contributed by atoms with E-state index in [1.54, 1.807) is 31.2 Å². The number of amides is 1. The first-order chi connectivity index (χ1) is 13.9. The molecule has 1 amide bonds. The number of hydrogen-bond acceptors (Lipinski definition) is 6. The molecular weight excluding hydrogens is 374 g/mol. The van der Waals surface area contributed by atoms with Crippen molar-refractivity contribution in [2.75, 3.05) is 12.3 Å². The molecular formula is C21H25N3O5. The van der Waals surface area contributed by atoms with Gasteiger partial charge in [-0.25, -0.2) is 5.06 Å². The maximum atomic E-state index is 12.3. The first kappa shape index (κ1) is 22.0. The largest absolute Gasteiger partial charge is 0.399 e. The van der Waals surface area contributed by atoms with E-state index in [0.29, 0.717) is 30.6 Å². The van der Waals surface area contributed by atoms with E-state index in [4.69, 9.17) is 10.6 Å². The van der Waals surface area contributed by atoms with Gasteiger partial charge in [-0.3, -0.25) is 24.5 Å². The number of nitrogens with zero attached hydrogens (tertiary/aromatic N) is 2. The Labute approximate surface area is 169 Å². The van der Waals surface area contributed by atoms with Crippen LogP contribution in [0.2, 0.25) is 0 Å². The molecule has 0 aliphatic rings. The Morgan fingerprint density at radius 2 is 1.79 bits per heavy atom. The molecule has 2 N–H and O–H groups in total. The van der Waals surface area contributed by atoms with E-state index >= 15 is 0 Å². The summed E-state index contributed by atoms with van der Waals surface area (Å²) in [6.45, 7) is 2.11. The maximum absolute atomic E-state index is 12.3. The van der Waals surface area contributed by atoms with Gasteiger partial charge in [0.25, 0.3) is 5.69 Å². The van der Waals surface area contributed by atoms with E-state index in [1.807, 2.05) is 12.1 Å². The number of rotatable bonds is 11. The average Bonchev–Trinajstić information content (AvgIpc) is 2.72. The molecule has 0 saturated heterocycles. The van der Waals surface area contributed by atoms with Crippen LogP contribution in [0.15, 0.2) is 48.5 Å². The minimum atomic E-state index is -0.484. The fourth-order valence-electron chi connectivity index (χ4n) is 2.72. The molecule has 0 aliphatic heterocycles. The number of anilines is 1. The number of non-ortho nitro benzene ring substituents is 1. The van der Waals surface area contributed by atoms with Crippen molar-refractivity contribution < 1.29 is 19.3 Å². The predicted molar refractivity (Wildman–Crippen MR) is 109 cm³/mol. The van der Waals surface area contributed by atoms with Crippen LogP contribution >= 0.6 is 0 Å². The lowest BCUT2D eigenvalue weighted by molar-refractivity contribution is -0.385. The number of hydrogen-bond donors (Lipinski definition) is 1. The molecule has 0 aliphatic carbocycles. The molecule has 8 nitrogen and oxygen atoms in total. The minimum Gasteiger partial charge on any atom is -0.399 e. The number of carbonyl (C=O) groups is 2. The summed E-state index contributed by atoms with van der Waals surface area (Å²) >= 11 is 0. The van der Waals surface area contributed by atoms with Crippen LogP contribution in [-0.2, 0) is 27.5 Å². The van der Waals surface area contributed by atoms with Crippen molar-refractivity contribution in [1.82, 2.24) is 5.06 Å². The monoisotopic (exact) mass is 399 g/mol. The van der Waals surface area contributed by atoms with Crippen LogP contribution < -0.4 is 5.73 Å². The number of nitro benzene ring substituents is 1. The smallest absolute Gasteiger partial charge is 0.269 e. The van der Waals surface area contributed by atoms with Crippen LogP contribution in [0.4, 0.5) is 11.4 Å². The summed E-state index contributed by atoms with van der Waals surface area (Å²) in [5, 5.41) is 12.0. The number of carbonyl (C=O) groups excluding carboxylic acids is 2. The van der Waals surface area contributed by atoms with Crippen molar-refractivity contribution >= 4 is 23.1 Å². The van der Waals surface area contributed by atoms with Crippen molar-refractivity contribution in [3.8, 4) is 0 Å².